The van der Waals surface area contributed by atoms with Crippen molar-refractivity contribution < 1.29 is 8.42 Å². The molecule has 3 heterocycles. The van der Waals surface area contributed by atoms with Gasteiger partial charge in [-0.05, 0) is 38.3 Å². The van der Waals surface area contributed by atoms with E-state index in [1.165, 1.54) is 19.1 Å². The molecule has 0 spiro atoms. The van der Waals surface area contributed by atoms with Gasteiger partial charge < -0.3 is 4.90 Å². The van der Waals surface area contributed by atoms with Gasteiger partial charge in [-0.2, -0.15) is 0 Å². The predicted octanol–water partition coefficient (Wildman–Crippen LogP) is 3.65. The maximum Gasteiger partial charge on any atom is 0.175 e. The molecule has 2 aliphatic rings. The Bertz CT molecular complexity index is 1250. The highest BCUT2D eigenvalue weighted by atomic mass is 32.2. The van der Waals surface area contributed by atoms with E-state index < -0.39 is 9.84 Å². The van der Waals surface area contributed by atoms with E-state index in [1.54, 1.807) is 24.5 Å². The van der Waals surface area contributed by atoms with Crippen LogP contribution in [0.4, 0.5) is 5.82 Å². The van der Waals surface area contributed by atoms with Crippen LogP contribution < -0.4 is 4.90 Å². The van der Waals surface area contributed by atoms with Gasteiger partial charge in [-0.1, -0.05) is 31.9 Å². The molecular weight excluding hydrogens is 412 g/mol. The molecule has 2 aromatic heterocycles. The lowest BCUT2D eigenvalue weighted by atomic mass is 10.0. The molecule has 1 atom stereocenters. The smallest absolute Gasteiger partial charge is 0.175 e. The van der Waals surface area contributed by atoms with Crippen molar-refractivity contribution in [2.75, 3.05) is 11.2 Å². The van der Waals surface area contributed by atoms with E-state index in [1.807, 2.05) is 17.6 Å². The van der Waals surface area contributed by atoms with Crippen LogP contribution >= 0.6 is 0 Å². The van der Waals surface area contributed by atoms with E-state index in [2.05, 4.69) is 22.0 Å². The summed E-state index contributed by atoms with van der Waals surface area (Å²) >= 11 is 0. The Labute approximate surface area is 182 Å². The van der Waals surface area contributed by atoms with Crippen molar-refractivity contribution in [1.29, 1.82) is 0 Å². The largest absolute Gasteiger partial charge is 0.341 e. The number of aromatic nitrogens is 5. The predicted molar refractivity (Wildman–Crippen MR) is 118 cm³/mol. The molecule has 0 unspecified atom stereocenters. The number of hydrogen-bond acceptors (Lipinski definition) is 7. The summed E-state index contributed by atoms with van der Waals surface area (Å²) in [5, 5.41) is 8.63. The van der Waals surface area contributed by atoms with Gasteiger partial charge in [0, 0.05) is 17.9 Å². The summed E-state index contributed by atoms with van der Waals surface area (Å²) in [5.74, 6) is 2.36. The number of aryl methyl sites for hydroxylation is 1. The molecule has 1 aliphatic carbocycles. The van der Waals surface area contributed by atoms with Crippen LogP contribution in [0.2, 0.25) is 0 Å². The van der Waals surface area contributed by atoms with Gasteiger partial charge >= 0.3 is 0 Å². The highest BCUT2D eigenvalue weighted by Gasteiger charge is 2.39. The normalized spacial score (nSPS) is 18.8. The lowest BCUT2D eigenvalue weighted by Crippen LogP contribution is -2.42. The molecule has 0 N–H and O–H groups in total. The first-order valence-electron chi connectivity index (χ1n) is 10.8. The summed E-state index contributed by atoms with van der Waals surface area (Å²) in [4.78, 5) is 12.5. The molecular formula is C22H26N6O2S. The Balaban J connectivity index is 1.72. The topological polar surface area (TPSA) is 93.9 Å². The van der Waals surface area contributed by atoms with Crippen LogP contribution in [-0.2, 0) is 9.84 Å². The van der Waals surface area contributed by atoms with Crippen molar-refractivity contribution >= 4 is 15.7 Å². The first kappa shape index (κ1) is 20.1. The fourth-order valence-electron chi connectivity index (χ4n) is 4.91. The highest BCUT2D eigenvalue weighted by molar-refractivity contribution is 7.90. The van der Waals surface area contributed by atoms with E-state index >= 15 is 0 Å². The second-order valence-electron chi connectivity index (χ2n) is 8.43. The molecule has 1 saturated carbocycles. The minimum atomic E-state index is -3.32. The zero-order chi connectivity index (χ0) is 21.8. The molecule has 0 amide bonds. The van der Waals surface area contributed by atoms with Gasteiger partial charge in [0.2, 0.25) is 0 Å². The Morgan fingerprint density at radius 3 is 2.65 bits per heavy atom. The van der Waals surface area contributed by atoms with Crippen molar-refractivity contribution in [1.82, 2.24) is 24.7 Å². The third-order valence-corrected chi connectivity index (χ3v) is 7.47. The van der Waals surface area contributed by atoms with Gasteiger partial charge in [0.1, 0.15) is 12.0 Å². The lowest BCUT2D eigenvalue weighted by Gasteiger charge is -2.41. The van der Waals surface area contributed by atoms with E-state index in [-0.39, 0.29) is 10.9 Å². The van der Waals surface area contributed by atoms with Crippen molar-refractivity contribution in [3.8, 4) is 17.1 Å². The maximum atomic E-state index is 12.1. The molecule has 3 aromatic rings. The summed E-state index contributed by atoms with van der Waals surface area (Å²) in [6.45, 7) is 4.13. The van der Waals surface area contributed by atoms with Crippen LogP contribution in [0.5, 0.6) is 0 Å². The van der Waals surface area contributed by atoms with Crippen LogP contribution in [0.1, 0.15) is 56.6 Å². The standard InChI is InChI=1S/C22H26N6O2S/c1-4-18-21-26-23-13-27(21)19-14(2)24-20(15-8-7-11-17(12-15)31(3,29)30)25-22(19)28(18)16-9-5-6-10-16/h7-8,11-13,16,18H,4-6,9-10H2,1-3H3/t18-/m1/s1. The van der Waals surface area contributed by atoms with Gasteiger partial charge in [0.05, 0.1) is 16.6 Å². The van der Waals surface area contributed by atoms with Crippen molar-refractivity contribution in [2.45, 2.75) is 62.9 Å². The molecule has 31 heavy (non-hydrogen) atoms. The summed E-state index contributed by atoms with van der Waals surface area (Å²) in [6, 6.07) is 7.36. The van der Waals surface area contributed by atoms with E-state index in [0.717, 1.165) is 42.3 Å². The molecule has 8 nitrogen and oxygen atoms in total. The Hall–Kier alpha value is -2.81. The lowest BCUT2D eigenvalue weighted by molar-refractivity contribution is 0.468. The second-order valence-corrected chi connectivity index (χ2v) is 10.4. The number of anilines is 1. The number of hydrogen-bond donors (Lipinski definition) is 0. The fourth-order valence-corrected chi connectivity index (χ4v) is 5.58. The number of benzene rings is 1. The first-order valence-corrected chi connectivity index (χ1v) is 12.7. The van der Waals surface area contributed by atoms with Crippen LogP contribution in [0.15, 0.2) is 35.5 Å². The van der Waals surface area contributed by atoms with Crippen LogP contribution in [-0.4, -0.2) is 45.4 Å². The van der Waals surface area contributed by atoms with E-state index in [9.17, 15) is 8.42 Å². The van der Waals surface area contributed by atoms with Crippen molar-refractivity contribution in [3.05, 3.63) is 42.1 Å². The first-order chi connectivity index (χ1) is 14.9. The van der Waals surface area contributed by atoms with Gasteiger partial charge in [0.15, 0.2) is 27.3 Å². The molecule has 1 fully saturated rings. The minimum absolute atomic E-state index is 0.0996. The zero-order valence-electron chi connectivity index (χ0n) is 18.0. The van der Waals surface area contributed by atoms with E-state index in [0.29, 0.717) is 17.4 Å². The third kappa shape index (κ3) is 3.31. The molecule has 1 aromatic carbocycles. The molecule has 0 saturated heterocycles. The van der Waals surface area contributed by atoms with Crippen molar-refractivity contribution in [3.63, 3.8) is 0 Å². The third-order valence-electron chi connectivity index (χ3n) is 6.36. The maximum absolute atomic E-state index is 12.1. The number of rotatable bonds is 4. The number of fused-ring (bicyclic) bond motifs is 3. The Kier molecular flexibility index (Phi) is 4.80. The number of sulfone groups is 1. The zero-order valence-corrected chi connectivity index (χ0v) is 18.8. The summed E-state index contributed by atoms with van der Waals surface area (Å²) in [6.07, 6.45) is 8.55. The van der Waals surface area contributed by atoms with Gasteiger partial charge in [-0.25, -0.2) is 18.4 Å². The van der Waals surface area contributed by atoms with Gasteiger partial charge in [0.25, 0.3) is 0 Å². The van der Waals surface area contributed by atoms with Crippen LogP contribution in [0.25, 0.3) is 17.1 Å². The average Bonchev–Trinajstić information content (AvgIpc) is 3.44. The van der Waals surface area contributed by atoms with Gasteiger partial charge in [-0.3, -0.25) is 4.57 Å². The van der Waals surface area contributed by atoms with Crippen molar-refractivity contribution in [2.24, 2.45) is 0 Å². The van der Waals surface area contributed by atoms with E-state index in [4.69, 9.17) is 9.97 Å². The summed E-state index contributed by atoms with van der Waals surface area (Å²) in [7, 11) is -3.32. The second kappa shape index (κ2) is 7.40. The Morgan fingerprint density at radius 1 is 1.16 bits per heavy atom. The molecule has 5 rings (SSSR count). The summed E-state index contributed by atoms with van der Waals surface area (Å²) < 4.78 is 26.1. The molecule has 0 bridgehead atoms. The average molecular weight is 439 g/mol. The van der Waals surface area contributed by atoms with Gasteiger partial charge in [-0.15, -0.1) is 10.2 Å². The fraction of sp³-hybridized carbons (Fsp3) is 0.455. The van der Waals surface area contributed by atoms with Crippen LogP contribution in [0.3, 0.4) is 0 Å². The molecule has 9 heteroatoms. The molecule has 1 aliphatic heterocycles. The highest BCUT2D eigenvalue weighted by Crippen LogP contribution is 2.44. The molecule has 162 valence electrons. The summed E-state index contributed by atoms with van der Waals surface area (Å²) in [5.41, 5.74) is 2.44. The molecule has 0 radical (unpaired) electrons. The number of nitrogens with zero attached hydrogens (tertiary/aromatic N) is 6. The quantitative estimate of drug-likeness (QED) is 0.614. The Morgan fingerprint density at radius 2 is 1.94 bits per heavy atom. The minimum Gasteiger partial charge on any atom is -0.341 e. The monoisotopic (exact) mass is 438 g/mol. The SMILES string of the molecule is CC[C@@H]1c2nncn2-c2c(C)nc(-c3cccc(S(C)(=O)=O)c3)nc2N1C1CCCC1. The van der Waals surface area contributed by atoms with Crippen LogP contribution in [0, 0.1) is 6.92 Å².